The number of aliphatic hydroxyl groups is 6. The van der Waals surface area contributed by atoms with Crippen molar-refractivity contribution in [2.24, 2.45) is 5.92 Å². The molecule has 0 aliphatic rings. The Balaban J connectivity index is -0.000000412. The number of allylic oxidation sites excluding steroid dienone is 20. The fraction of sp³-hybridized carbons (Fsp3) is 0.847. The van der Waals surface area contributed by atoms with Crippen molar-refractivity contribution in [3.63, 3.8) is 0 Å². The maximum absolute atomic E-state index is 9.80. The number of ether oxygens (including phenoxy) is 6. The lowest BCUT2D eigenvalue weighted by Crippen LogP contribution is -2.34. The van der Waals surface area contributed by atoms with Crippen LogP contribution in [0, 0.1) is 5.92 Å². The van der Waals surface area contributed by atoms with Crippen molar-refractivity contribution in [3.8, 4) is 0 Å². The maximum atomic E-state index is 9.80. The summed E-state index contributed by atoms with van der Waals surface area (Å²) in [6.45, 7) is 49.0. The van der Waals surface area contributed by atoms with E-state index in [-0.39, 0.29) is 24.4 Å². The molecular weight excluding hydrogens is 1840 g/mol. The summed E-state index contributed by atoms with van der Waals surface area (Å²) in [6, 6.07) is 2.05. The van der Waals surface area contributed by atoms with Crippen molar-refractivity contribution in [1.82, 2.24) is 26.6 Å². The molecule has 0 aliphatic carbocycles. The third-order valence-corrected chi connectivity index (χ3v) is 24.9. The topological polar surface area (TPSA) is 237 Å². The molecule has 0 aromatic heterocycles. The van der Waals surface area contributed by atoms with Crippen LogP contribution in [0.1, 0.15) is 536 Å². The first-order valence-corrected chi connectivity index (χ1v) is 62.7. The van der Waals surface area contributed by atoms with Crippen LogP contribution in [0.15, 0.2) is 122 Å². The fourth-order valence-electron chi connectivity index (χ4n) is 15.5. The van der Waals surface area contributed by atoms with Gasteiger partial charge in [-0.25, -0.2) is 0 Å². The average molecular weight is 2100 g/mol. The summed E-state index contributed by atoms with van der Waals surface area (Å²) in [5.74, 6) is 0.662. The van der Waals surface area contributed by atoms with E-state index in [1.165, 1.54) is 283 Å². The van der Waals surface area contributed by atoms with Crippen molar-refractivity contribution in [3.05, 3.63) is 122 Å². The van der Waals surface area contributed by atoms with E-state index in [2.05, 4.69) is 273 Å². The zero-order valence-electron chi connectivity index (χ0n) is 101. The van der Waals surface area contributed by atoms with Gasteiger partial charge in [0.05, 0.1) is 76.3 Å². The molecule has 17 heteroatoms. The molecule has 6 atom stereocenters. The highest BCUT2D eigenvalue weighted by Crippen LogP contribution is 2.18. The molecule has 148 heavy (non-hydrogen) atoms. The lowest BCUT2D eigenvalue weighted by atomic mass is 10.0. The summed E-state index contributed by atoms with van der Waals surface area (Å²) in [6.07, 6.45) is 124. The lowest BCUT2D eigenvalue weighted by molar-refractivity contribution is 0.0285. The summed E-state index contributed by atoms with van der Waals surface area (Å²) in [4.78, 5) is 0. The van der Waals surface area contributed by atoms with E-state index in [0.717, 1.165) is 168 Å². The molecule has 0 aromatic carbocycles. The highest BCUT2D eigenvalue weighted by Gasteiger charge is 2.12. The van der Waals surface area contributed by atoms with Gasteiger partial charge in [-0.3, -0.25) is 0 Å². The Kier molecular flexibility index (Phi) is 147. The van der Waals surface area contributed by atoms with Crippen molar-refractivity contribution >= 4 is 0 Å². The molecule has 0 amide bonds. The molecule has 0 heterocycles. The summed E-state index contributed by atoms with van der Waals surface area (Å²) in [5, 5.41) is 74.3. The van der Waals surface area contributed by atoms with E-state index in [1.807, 2.05) is 0 Å². The molecule has 0 spiro atoms. The van der Waals surface area contributed by atoms with Crippen LogP contribution in [0.4, 0.5) is 0 Å². The molecule has 0 aromatic rings. The van der Waals surface area contributed by atoms with E-state index in [1.54, 1.807) is 0 Å². The van der Waals surface area contributed by atoms with Gasteiger partial charge in [0.2, 0.25) is 0 Å². The Hall–Kier alpha value is -3.28. The monoisotopic (exact) mass is 2090 g/mol. The highest BCUT2D eigenvalue weighted by molar-refractivity contribution is 5.02. The predicted octanol–water partition coefficient (Wildman–Crippen LogP) is 33.5. The Bertz CT molecular complexity index is 2700. The quantitative estimate of drug-likeness (QED) is 0.0201. The molecule has 0 saturated carbocycles. The predicted molar refractivity (Wildman–Crippen MR) is 652 cm³/mol. The van der Waals surface area contributed by atoms with Crippen LogP contribution in [0.25, 0.3) is 0 Å². The smallest absolute Gasteiger partial charge is 0.0897 e. The molecule has 0 rings (SSSR count). The SMILES string of the molecule is CC/C=C\C/C=C\C/C=C\C/C=C\C/C=C\CCCCOCC(O)CNC(C)C.CCCCC/C=C\C/C=C\C/C=C\C/C=C\CCCCOCC(O)CNC(C)C.CCCCCCCC/C=C\CCCCCCCCOCC(O)CCC(C)C.CCCCCCCCCCCCCCCCOCC(O)CNC(C)C.CCCCCCCCCCCCOCC(O)CNC(C)C.CCCCCCCCOCC(O)CNC(C)C. The third kappa shape index (κ3) is 163. The van der Waals surface area contributed by atoms with E-state index >= 15 is 0 Å². The zero-order chi connectivity index (χ0) is 110. The van der Waals surface area contributed by atoms with Gasteiger partial charge < -0.3 is 85.6 Å². The maximum Gasteiger partial charge on any atom is 0.0897 e. The molecule has 0 saturated heterocycles. The van der Waals surface area contributed by atoms with Crippen LogP contribution in [-0.2, 0) is 28.4 Å². The van der Waals surface area contributed by atoms with Crippen molar-refractivity contribution in [2.45, 2.75) is 602 Å². The number of hydrogen-bond donors (Lipinski definition) is 11. The van der Waals surface area contributed by atoms with Crippen LogP contribution in [-0.4, -0.2) is 209 Å². The van der Waals surface area contributed by atoms with Crippen molar-refractivity contribution in [1.29, 1.82) is 0 Å². The number of nitrogens with one attached hydrogen (secondary N) is 5. The van der Waals surface area contributed by atoms with E-state index in [0.29, 0.717) is 108 Å². The first-order chi connectivity index (χ1) is 72.0. The van der Waals surface area contributed by atoms with Crippen molar-refractivity contribution < 1.29 is 59.1 Å². The summed E-state index contributed by atoms with van der Waals surface area (Å²) in [5.41, 5.74) is 0. The molecule has 0 bridgehead atoms. The first kappa shape index (κ1) is 155. The molecule has 17 nitrogen and oxygen atoms in total. The average Bonchev–Trinajstić information content (AvgIpc) is 1.05. The van der Waals surface area contributed by atoms with Gasteiger partial charge in [0.25, 0.3) is 0 Å². The van der Waals surface area contributed by atoms with E-state index in [4.69, 9.17) is 28.4 Å². The molecule has 0 aliphatic heterocycles. The van der Waals surface area contributed by atoms with Crippen molar-refractivity contribution in [2.75, 3.05) is 112 Å². The second kappa shape index (κ2) is 140. The van der Waals surface area contributed by atoms with Crippen LogP contribution < -0.4 is 26.6 Å². The van der Waals surface area contributed by atoms with E-state index < -0.39 is 12.2 Å². The highest BCUT2D eigenvalue weighted by atomic mass is 16.5. The van der Waals surface area contributed by atoms with Gasteiger partial charge >= 0.3 is 0 Å². The normalized spacial score (nSPS) is 13.4. The van der Waals surface area contributed by atoms with Crippen LogP contribution >= 0.6 is 0 Å². The summed E-state index contributed by atoms with van der Waals surface area (Å²) >= 11 is 0. The molecular formula is C131H259N5O12. The van der Waals surface area contributed by atoms with Gasteiger partial charge in [0.15, 0.2) is 0 Å². The third-order valence-electron chi connectivity index (χ3n) is 24.9. The lowest BCUT2D eigenvalue weighted by Gasteiger charge is -2.14. The number of rotatable bonds is 108. The largest absolute Gasteiger partial charge is 0.391 e. The first-order valence-electron chi connectivity index (χ1n) is 62.7. The molecule has 0 fully saturated rings. The Morgan fingerprint density at radius 2 is 0.318 bits per heavy atom. The molecule has 6 unspecified atom stereocenters. The molecule has 0 radical (unpaired) electrons. The summed E-state index contributed by atoms with van der Waals surface area (Å²) in [7, 11) is 0. The second-order valence-corrected chi connectivity index (χ2v) is 43.4. The van der Waals surface area contributed by atoms with E-state index in [9.17, 15) is 30.6 Å². The minimum atomic E-state index is -0.414. The molecule has 880 valence electrons. The Labute approximate surface area is 922 Å². The van der Waals surface area contributed by atoms with Crippen LogP contribution in [0.2, 0.25) is 0 Å². The zero-order valence-corrected chi connectivity index (χ0v) is 101. The van der Waals surface area contributed by atoms with Gasteiger partial charge in [0, 0.05) is 103 Å². The van der Waals surface area contributed by atoms with Gasteiger partial charge in [-0.15, -0.1) is 0 Å². The van der Waals surface area contributed by atoms with Gasteiger partial charge in [-0.1, -0.05) is 490 Å². The molecule has 11 N–H and O–H groups in total. The Morgan fingerprint density at radius 3 is 0.514 bits per heavy atom. The summed E-state index contributed by atoms with van der Waals surface area (Å²) < 4.78 is 33.1. The Morgan fingerprint density at radius 1 is 0.169 bits per heavy atom. The van der Waals surface area contributed by atoms with Gasteiger partial charge in [-0.05, 0) is 173 Å². The number of hydrogen-bond acceptors (Lipinski definition) is 17. The number of unbranched alkanes of at least 4 members (excludes halogenated alkanes) is 46. The standard InChI is InChI=1S/C26H47NO2.C26H45NO2.C25H50O2.C22H47NO2.C18H39NO2.C14H31NO2/c2*1-4-5-6-7-8-9-10-11-12-13-14-15-16-17-18-19-20-21-22-29-24-26(28)23-27-25(2)3;1-4-5-6-7-8-9-10-11-12-13-14-15-16-17-18-19-22-27-23-25(26)21-20-24(2)3;1-4-5-6-7-8-9-10-11-12-13-14-15-16-17-18-25-20-22(24)19-23-21(2)3;1-4-5-6-7-8-9-10-11-12-13-14-21-16-18(20)15-19-17(2)3;1-4-5-6-7-8-9-10-17-12-14(16)11-15-13(2)3/h8-9,11-12,14-15,17-18,25-28H,4-7,10,13,16,19-24H2,1-3H3;5-6,8-9,11-12,14-15,17-18,25-28H,4,7,10,13,16,19-24H2,1-3H3;11-12,24-26H,4-10,13-23H2,1-3H3;21-24H,4-20H2,1-3H3;17-20H,4-16H2,1-3H3;13-16H,4-12H2,1-3H3/b9-8-,12-11-,15-14-,18-17-;6-5-,9-8-,12-11-,15-14-,18-17-;12-11-;;;. The van der Waals surface area contributed by atoms with Gasteiger partial charge in [0.1, 0.15) is 0 Å². The van der Waals surface area contributed by atoms with Gasteiger partial charge in [-0.2, -0.15) is 0 Å². The fourth-order valence-corrected chi connectivity index (χ4v) is 15.5. The second-order valence-electron chi connectivity index (χ2n) is 43.4. The van der Waals surface area contributed by atoms with Crippen LogP contribution in [0.3, 0.4) is 0 Å². The van der Waals surface area contributed by atoms with Crippen LogP contribution in [0.5, 0.6) is 0 Å². The minimum absolute atomic E-state index is 0.276. The number of aliphatic hydroxyl groups excluding tert-OH is 6. The minimum Gasteiger partial charge on any atom is -0.391 e.